The molecule has 1 saturated heterocycles. The predicted octanol–water partition coefficient (Wildman–Crippen LogP) is 1.19. The highest BCUT2D eigenvalue weighted by Crippen LogP contribution is 2.13. The second-order valence-electron chi connectivity index (χ2n) is 4.76. The van der Waals surface area contributed by atoms with Crippen molar-refractivity contribution >= 4 is 5.82 Å². The van der Waals surface area contributed by atoms with Crippen LogP contribution in [0.4, 0.5) is 5.82 Å². The molecule has 1 aliphatic heterocycles. The van der Waals surface area contributed by atoms with Crippen LogP contribution in [-0.4, -0.2) is 41.1 Å². The number of nitrogen functional groups attached to an aromatic ring is 1. The van der Waals surface area contributed by atoms with Crippen molar-refractivity contribution in [2.24, 2.45) is 5.84 Å². The lowest BCUT2D eigenvalue weighted by atomic mass is 10.1. The molecule has 6 nitrogen and oxygen atoms in total. The van der Waals surface area contributed by atoms with E-state index in [0.29, 0.717) is 18.3 Å². The van der Waals surface area contributed by atoms with Crippen LogP contribution in [0.15, 0.2) is 6.07 Å². The molecule has 19 heavy (non-hydrogen) atoms. The second kappa shape index (κ2) is 7.25. The molecule has 1 aliphatic rings. The molecular formula is C13H23N5O. The van der Waals surface area contributed by atoms with Crippen LogP contribution < -0.4 is 16.0 Å². The fourth-order valence-electron chi connectivity index (χ4n) is 2.24. The molecular weight excluding hydrogens is 242 g/mol. The normalized spacial score (nSPS) is 16.3. The van der Waals surface area contributed by atoms with E-state index >= 15 is 0 Å². The highest BCUT2D eigenvalue weighted by atomic mass is 16.5. The van der Waals surface area contributed by atoms with Crippen LogP contribution in [0.25, 0.3) is 0 Å². The summed E-state index contributed by atoms with van der Waals surface area (Å²) >= 11 is 0. The summed E-state index contributed by atoms with van der Waals surface area (Å²) in [6.07, 6.45) is 4.72. The number of hydrogen-bond donors (Lipinski definition) is 2. The molecule has 0 saturated carbocycles. The van der Waals surface area contributed by atoms with Crippen LogP contribution >= 0.6 is 0 Å². The molecule has 0 aromatic carbocycles. The summed E-state index contributed by atoms with van der Waals surface area (Å²) in [7, 11) is 0. The summed E-state index contributed by atoms with van der Waals surface area (Å²) in [6.45, 7) is 5.99. The number of nitrogens with one attached hydrogen (secondary N) is 1. The standard InChI is InChI=1S/C13H23N5O/c1-2-11-15-12(17-14)10-13(16-11)19-9-8-18-6-4-3-5-7-18/h10H,2-9,14H2,1H3,(H,15,16,17). The quantitative estimate of drug-likeness (QED) is 0.594. The summed E-state index contributed by atoms with van der Waals surface area (Å²) in [6, 6.07) is 1.73. The van der Waals surface area contributed by atoms with Crippen molar-refractivity contribution in [1.29, 1.82) is 0 Å². The van der Waals surface area contributed by atoms with E-state index in [2.05, 4.69) is 20.3 Å². The first-order valence-electron chi connectivity index (χ1n) is 7.01. The number of rotatable bonds is 6. The van der Waals surface area contributed by atoms with Gasteiger partial charge < -0.3 is 10.2 Å². The average Bonchev–Trinajstić information content (AvgIpc) is 2.48. The van der Waals surface area contributed by atoms with E-state index in [1.165, 1.54) is 32.4 Å². The fraction of sp³-hybridized carbons (Fsp3) is 0.692. The smallest absolute Gasteiger partial charge is 0.218 e. The SMILES string of the molecule is CCc1nc(NN)cc(OCCN2CCCCC2)n1. The van der Waals surface area contributed by atoms with E-state index in [1.54, 1.807) is 6.07 Å². The van der Waals surface area contributed by atoms with E-state index in [4.69, 9.17) is 10.6 Å². The Morgan fingerprint density at radius 1 is 1.32 bits per heavy atom. The topological polar surface area (TPSA) is 76.3 Å². The van der Waals surface area contributed by atoms with Gasteiger partial charge in [-0.15, -0.1) is 0 Å². The van der Waals surface area contributed by atoms with Gasteiger partial charge in [0.05, 0.1) is 0 Å². The van der Waals surface area contributed by atoms with Gasteiger partial charge in [0, 0.05) is 19.0 Å². The number of hydrazine groups is 1. The molecule has 2 heterocycles. The van der Waals surface area contributed by atoms with E-state index in [9.17, 15) is 0 Å². The van der Waals surface area contributed by atoms with Crippen LogP contribution in [-0.2, 0) is 6.42 Å². The van der Waals surface area contributed by atoms with E-state index in [0.717, 1.165) is 18.8 Å². The third-order valence-corrected chi connectivity index (χ3v) is 3.32. The molecule has 106 valence electrons. The number of nitrogens with zero attached hydrogens (tertiary/aromatic N) is 3. The van der Waals surface area contributed by atoms with Crippen molar-refractivity contribution in [3.8, 4) is 5.88 Å². The van der Waals surface area contributed by atoms with Gasteiger partial charge in [0.25, 0.3) is 0 Å². The number of anilines is 1. The Bertz CT molecular complexity index is 370. The summed E-state index contributed by atoms with van der Waals surface area (Å²) in [4.78, 5) is 11.0. The first kappa shape index (κ1) is 14.0. The zero-order valence-corrected chi connectivity index (χ0v) is 11.6. The molecule has 1 aromatic rings. The van der Waals surface area contributed by atoms with Crippen LogP contribution in [0, 0.1) is 0 Å². The van der Waals surface area contributed by atoms with Crippen molar-refractivity contribution in [1.82, 2.24) is 14.9 Å². The summed E-state index contributed by atoms with van der Waals surface area (Å²) in [5.74, 6) is 7.31. The molecule has 0 bridgehead atoms. The lowest BCUT2D eigenvalue weighted by molar-refractivity contribution is 0.180. The first-order chi connectivity index (χ1) is 9.31. The van der Waals surface area contributed by atoms with Gasteiger partial charge >= 0.3 is 0 Å². The maximum atomic E-state index is 5.71. The van der Waals surface area contributed by atoms with E-state index in [-0.39, 0.29) is 0 Å². The second-order valence-corrected chi connectivity index (χ2v) is 4.76. The Morgan fingerprint density at radius 3 is 2.79 bits per heavy atom. The monoisotopic (exact) mass is 265 g/mol. The summed E-state index contributed by atoms with van der Waals surface area (Å²) in [5.41, 5.74) is 2.54. The molecule has 1 aromatic heterocycles. The largest absolute Gasteiger partial charge is 0.476 e. The lowest BCUT2D eigenvalue weighted by Crippen LogP contribution is -2.33. The lowest BCUT2D eigenvalue weighted by Gasteiger charge is -2.26. The van der Waals surface area contributed by atoms with Crippen molar-refractivity contribution in [3.63, 3.8) is 0 Å². The summed E-state index contributed by atoms with van der Waals surface area (Å²) in [5, 5.41) is 0. The number of ether oxygens (including phenoxy) is 1. The van der Waals surface area contributed by atoms with Gasteiger partial charge in [0.15, 0.2) is 0 Å². The highest BCUT2D eigenvalue weighted by molar-refractivity contribution is 5.36. The number of likely N-dealkylation sites (tertiary alicyclic amines) is 1. The third-order valence-electron chi connectivity index (χ3n) is 3.32. The minimum Gasteiger partial charge on any atom is -0.476 e. The van der Waals surface area contributed by atoms with Crippen LogP contribution in [0.5, 0.6) is 5.88 Å². The molecule has 0 atom stereocenters. The van der Waals surface area contributed by atoms with Crippen LogP contribution in [0.1, 0.15) is 32.0 Å². The summed E-state index contributed by atoms with van der Waals surface area (Å²) < 4.78 is 5.71. The van der Waals surface area contributed by atoms with Crippen LogP contribution in [0.2, 0.25) is 0 Å². The Balaban J connectivity index is 1.84. The highest BCUT2D eigenvalue weighted by Gasteiger charge is 2.10. The van der Waals surface area contributed by atoms with Gasteiger partial charge in [0.1, 0.15) is 18.2 Å². The molecule has 0 radical (unpaired) electrons. The van der Waals surface area contributed by atoms with Crippen molar-refractivity contribution in [2.75, 3.05) is 31.7 Å². The number of aromatic nitrogens is 2. The Labute approximate surface area is 114 Å². The van der Waals surface area contributed by atoms with Crippen LogP contribution in [0.3, 0.4) is 0 Å². The number of piperidine rings is 1. The van der Waals surface area contributed by atoms with Gasteiger partial charge in [-0.25, -0.2) is 10.8 Å². The number of nitrogens with two attached hydrogens (primary N) is 1. The van der Waals surface area contributed by atoms with E-state index in [1.807, 2.05) is 6.92 Å². The molecule has 2 rings (SSSR count). The predicted molar refractivity (Wildman–Crippen MR) is 75.0 cm³/mol. The molecule has 3 N–H and O–H groups in total. The van der Waals surface area contributed by atoms with Crippen molar-refractivity contribution < 1.29 is 4.74 Å². The van der Waals surface area contributed by atoms with Gasteiger partial charge in [-0.2, -0.15) is 4.98 Å². The fourth-order valence-corrected chi connectivity index (χ4v) is 2.24. The molecule has 6 heteroatoms. The van der Waals surface area contributed by atoms with Gasteiger partial charge in [-0.3, -0.25) is 4.90 Å². The van der Waals surface area contributed by atoms with E-state index < -0.39 is 0 Å². The average molecular weight is 265 g/mol. The Kier molecular flexibility index (Phi) is 5.35. The Morgan fingerprint density at radius 2 is 2.11 bits per heavy atom. The van der Waals surface area contributed by atoms with Gasteiger partial charge in [-0.1, -0.05) is 13.3 Å². The molecule has 0 unspecified atom stereocenters. The Hall–Kier alpha value is -1.40. The third kappa shape index (κ3) is 4.33. The number of aryl methyl sites for hydroxylation is 1. The molecule has 1 fully saturated rings. The molecule has 0 amide bonds. The van der Waals surface area contributed by atoms with Gasteiger partial charge in [-0.05, 0) is 25.9 Å². The first-order valence-corrected chi connectivity index (χ1v) is 7.01. The zero-order valence-electron chi connectivity index (χ0n) is 11.6. The minimum absolute atomic E-state index is 0.594. The maximum Gasteiger partial charge on any atom is 0.218 e. The van der Waals surface area contributed by atoms with Crippen molar-refractivity contribution in [3.05, 3.63) is 11.9 Å². The number of hydrogen-bond acceptors (Lipinski definition) is 6. The molecule has 0 aliphatic carbocycles. The molecule has 0 spiro atoms. The van der Waals surface area contributed by atoms with Gasteiger partial charge in [0.2, 0.25) is 5.88 Å². The zero-order chi connectivity index (χ0) is 13.5. The maximum absolute atomic E-state index is 5.71. The van der Waals surface area contributed by atoms with Crippen molar-refractivity contribution in [2.45, 2.75) is 32.6 Å². The minimum atomic E-state index is 0.594.